The van der Waals surface area contributed by atoms with Crippen LogP contribution < -0.4 is 16.0 Å². The molecule has 106 valence electrons. The molecule has 1 atom stereocenters. The Hall–Kier alpha value is -2.07. The lowest BCUT2D eigenvalue weighted by Crippen LogP contribution is -2.12. The second-order valence-electron chi connectivity index (χ2n) is 4.82. The molecule has 0 fully saturated rings. The van der Waals surface area contributed by atoms with Crippen LogP contribution in [0.1, 0.15) is 37.3 Å². The fourth-order valence-electron chi connectivity index (χ4n) is 1.97. The largest absolute Gasteiger partial charge is 0.489 e. The minimum atomic E-state index is 0.441. The number of pyridine rings is 1. The van der Waals surface area contributed by atoms with Crippen molar-refractivity contribution in [2.24, 2.45) is 5.84 Å². The van der Waals surface area contributed by atoms with Crippen molar-refractivity contribution in [3.63, 3.8) is 0 Å². The first-order valence-electron chi connectivity index (χ1n) is 6.87. The molecule has 0 spiro atoms. The standard InChI is InChI=1S/C16H21N3O/c1-3-12(2)13-6-8-15(9-7-13)20-11-14-5-4-10-18-16(14)19-17/h4-10,12H,3,11,17H2,1-2H3,(H,18,19). The summed E-state index contributed by atoms with van der Waals surface area (Å²) in [6, 6.07) is 12.1. The van der Waals surface area contributed by atoms with Gasteiger partial charge in [0.2, 0.25) is 0 Å². The van der Waals surface area contributed by atoms with Crippen LogP contribution in [0.15, 0.2) is 42.6 Å². The number of nitrogen functional groups attached to an aromatic ring is 1. The summed E-state index contributed by atoms with van der Waals surface area (Å²) in [6.45, 7) is 4.86. The highest BCUT2D eigenvalue weighted by molar-refractivity contribution is 5.42. The van der Waals surface area contributed by atoms with E-state index in [1.807, 2.05) is 24.3 Å². The third kappa shape index (κ3) is 3.48. The van der Waals surface area contributed by atoms with Crippen LogP contribution in [-0.4, -0.2) is 4.98 Å². The Morgan fingerprint density at radius 1 is 1.25 bits per heavy atom. The Bertz CT molecular complexity index is 540. The average molecular weight is 271 g/mol. The number of anilines is 1. The number of aromatic nitrogens is 1. The van der Waals surface area contributed by atoms with Gasteiger partial charge in [0.25, 0.3) is 0 Å². The van der Waals surface area contributed by atoms with Crippen LogP contribution in [0.2, 0.25) is 0 Å². The maximum atomic E-state index is 5.77. The van der Waals surface area contributed by atoms with Gasteiger partial charge in [-0.25, -0.2) is 10.8 Å². The molecule has 2 rings (SSSR count). The van der Waals surface area contributed by atoms with E-state index >= 15 is 0 Å². The fourth-order valence-corrected chi connectivity index (χ4v) is 1.97. The molecule has 0 aliphatic carbocycles. The molecule has 20 heavy (non-hydrogen) atoms. The van der Waals surface area contributed by atoms with Gasteiger partial charge in [-0.3, -0.25) is 0 Å². The number of nitrogens with two attached hydrogens (primary N) is 1. The summed E-state index contributed by atoms with van der Waals surface area (Å²) in [5.74, 6) is 7.49. The molecule has 4 heteroatoms. The van der Waals surface area contributed by atoms with Crippen molar-refractivity contribution in [3.8, 4) is 5.75 Å². The van der Waals surface area contributed by atoms with Crippen molar-refractivity contribution < 1.29 is 4.74 Å². The first kappa shape index (κ1) is 14.3. The highest BCUT2D eigenvalue weighted by Gasteiger charge is 2.05. The number of hydrogen-bond acceptors (Lipinski definition) is 4. The van der Waals surface area contributed by atoms with Gasteiger partial charge in [0, 0.05) is 11.8 Å². The van der Waals surface area contributed by atoms with Crippen molar-refractivity contribution in [1.82, 2.24) is 4.98 Å². The monoisotopic (exact) mass is 271 g/mol. The Kier molecular flexibility index (Phi) is 4.96. The van der Waals surface area contributed by atoms with Gasteiger partial charge in [-0.2, -0.15) is 0 Å². The summed E-state index contributed by atoms with van der Waals surface area (Å²) < 4.78 is 5.77. The third-order valence-corrected chi connectivity index (χ3v) is 3.48. The first-order valence-corrected chi connectivity index (χ1v) is 6.87. The van der Waals surface area contributed by atoms with Gasteiger partial charge >= 0.3 is 0 Å². The molecule has 0 saturated carbocycles. The molecule has 1 heterocycles. The van der Waals surface area contributed by atoms with Gasteiger partial charge in [0.05, 0.1) is 0 Å². The van der Waals surface area contributed by atoms with Crippen molar-refractivity contribution in [1.29, 1.82) is 0 Å². The van der Waals surface area contributed by atoms with Crippen molar-refractivity contribution in [3.05, 3.63) is 53.7 Å². The molecule has 0 radical (unpaired) electrons. The molecular formula is C16H21N3O. The number of benzene rings is 1. The molecular weight excluding hydrogens is 250 g/mol. The molecule has 0 aliphatic heterocycles. The van der Waals surface area contributed by atoms with Crippen molar-refractivity contribution >= 4 is 5.82 Å². The normalized spacial score (nSPS) is 11.9. The number of nitrogens with zero attached hydrogens (tertiary/aromatic N) is 1. The Morgan fingerprint density at radius 3 is 2.65 bits per heavy atom. The highest BCUT2D eigenvalue weighted by atomic mass is 16.5. The van der Waals surface area contributed by atoms with Crippen LogP contribution in [0, 0.1) is 0 Å². The van der Waals surface area contributed by atoms with Crippen molar-refractivity contribution in [2.45, 2.75) is 32.8 Å². The first-order chi connectivity index (χ1) is 9.74. The maximum Gasteiger partial charge on any atom is 0.146 e. The molecule has 1 aromatic carbocycles. The number of rotatable bonds is 6. The van der Waals surface area contributed by atoms with E-state index in [4.69, 9.17) is 10.6 Å². The molecule has 0 aliphatic rings. The molecule has 2 aromatic rings. The summed E-state index contributed by atoms with van der Waals surface area (Å²) in [6.07, 6.45) is 2.83. The molecule has 0 saturated heterocycles. The van der Waals surface area contributed by atoms with E-state index in [0.717, 1.165) is 17.7 Å². The quantitative estimate of drug-likeness (QED) is 0.624. The third-order valence-electron chi connectivity index (χ3n) is 3.48. The molecule has 0 amide bonds. The zero-order chi connectivity index (χ0) is 14.4. The summed E-state index contributed by atoms with van der Waals surface area (Å²) in [7, 11) is 0. The van der Waals surface area contributed by atoms with E-state index in [-0.39, 0.29) is 0 Å². The fraction of sp³-hybridized carbons (Fsp3) is 0.312. The van der Waals surface area contributed by atoms with Crippen LogP contribution in [0.3, 0.4) is 0 Å². The minimum Gasteiger partial charge on any atom is -0.489 e. The number of ether oxygens (including phenoxy) is 1. The van der Waals surface area contributed by atoms with Gasteiger partial charge in [-0.1, -0.05) is 32.0 Å². The van der Waals surface area contributed by atoms with E-state index in [2.05, 4.69) is 36.4 Å². The molecule has 1 unspecified atom stereocenters. The lowest BCUT2D eigenvalue weighted by Gasteiger charge is -2.12. The molecule has 0 bridgehead atoms. The lowest BCUT2D eigenvalue weighted by atomic mass is 9.99. The zero-order valence-electron chi connectivity index (χ0n) is 12.0. The van der Waals surface area contributed by atoms with Crippen LogP contribution in [0.5, 0.6) is 5.75 Å². The second-order valence-corrected chi connectivity index (χ2v) is 4.82. The van der Waals surface area contributed by atoms with Gasteiger partial charge in [-0.15, -0.1) is 0 Å². The predicted molar refractivity (Wildman–Crippen MR) is 81.5 cm³/mol. The maximum absolute atomic E-state index is 5.77. The van der Waals surface area contributed by atoms with Crippen LogP contribution in [-0.2, 0) is 6.61 Å². The Labute approximate surface area is 120 Å². The predicted octanol–water partition coefficient (Wildman–Crippen LogP) is 3.46. The number of nitrogens with one attached hydrogen (secondary N) is 1. The summed E-state index contributed by atoms with van der Waals surface area (Å²) in [5, 5.41) is 0. The van der Waals surface area contributed by atoms with Crippen molar-refractivity contribution in [2.75, 3.05) is 5.43 Å². The SMILES string of the molecule is CCC(C)c1ccc(OCc2cccnc2NN)cc1. The van der Waals surface area contributed by atoms with E-state index in [9.17, 15) is 0 Å². The minimum absolute atomic E-state index is 0.441. The van der Waals surface area contributed by atoms with Gasteiger partial charge in [-0.05, 0) is 36.1 Å². The van der Waals surface area contributed by atoms with E-state index in [1.54, 1.807) is 6.20 Å². The summed E-state index contributed by atoms with van der Waals surface area (Å²) in [4.78, 5) is 4.14. The zero-order valence-corrected chi connectivity index (χ0v) is 12.0. The number of hydrogen-bond donors (Lipinski definition) is 2. The summed E-state index contributed by atoms with van der Waals surface area (Å²) in [5.41, 5.74) is 4.84. The topological polar surface area (TPSA) is 60.2 Å². The van der Waals surface area contributed by atoms with E-state index in [0.29, 0.717) is 18.3 Å². The highest BCUT2D eigenvalue weighted by Crippen LogP contribution is 2.22. The smallest absolute Gasteiger partial charge is 0.146 e. The summed E-state index contributed by atoms with van der Waals surface area (Å²) >= 11 is 0. The number of hydrazine groups is 1. The Balaban J connectivity index is 2.00. The van der Waals surface area contributed by atoms with Crippen LogP contribution in [0.4, 0.5) is 5.82 Å². The van der Waals surface area contributed by atoms with Gasteiger partial charge in [0.1, 0.15) is 18.2 Å². The molecule has 4 nitrogen and oxygen atoms in total. The second kappa shape index (κ2) is 6.91. The average Bonchev–Trinajstić information content (AvgIpc) is 2.53. The van der Waals surface area contributed by atoms with Gasteiger partial charge in [0.15, 0.2) is 0 Å². The molecule has 3 N–H and O–H groups in total. The lowest BCUT2D eigenvalue weighted by molar-refractivity contribution is 0.306. The molecule has 1 aromatic heterocycles. The Morgan fingerprint density at radius 2 is 2.00 bits per heavy atom. The van der Waals surface area contributed by atoms with Crippen LogP contribution >= 0.6 is 0 Å². The van der Waals surface area contributed by atoms with Crippen LogP contribution in [0.25, 0.3) is 0 Å². The van der Waals surface area contributed by atoms with E-state index < -0.39 is 0 Å². The van der Waals surface area contributed by atoms with Gasteiger partial charge < -0.3 is 10.2 Å². The van der Waals surface area contributed by atoms with E-state index in [1.165, 1.54) is 5.56 Å².